The molecule has 0 N–H and O–H groups in total. The monoisotopic (exact) mass is 566 g/mol. The van der Waals surface area contributed by atoms with Crippen molar-refractivity contribution in [2.45, 2.75) is 15.6 Å². The Labute approximate surface area is 206 Å². The van der Waals surface area contributed by atoms with Crippen LogP contribution in [0.3, 0.4) is 0 Å². The summed E-state index contributed by atoms with van der Waals surface area (Å²) >= 11 is 7.87. The number of anilines is 1. The van der Waals surface area contributed by atoms with Gasteiger partial charge in [0.15, 0.2) is 0 Å². The molecule has 8 heteroatoms. The average Bonchev–Trinajstić information content (AvgIpc) is 3.08. The molecule has 3 aliphatic carbocycles. The van der Waals surface area contributed by atoms with Crippen molar-refractivity contribution in [3.05, 3.63) is 105 Å². The van der Waals surface area contributed by atoms with Gasteiger partial charge in [-0.1, -0.05) is 86.5 Å². The Morgan fingerprint density at radius 1 is 0.818 bits per heavy atom. The number of nitro benzene ring substituents is 1. The number of hydrogen-bond acceptors (Lipinski definition) is 4. The molecule has 4 aliphatic rings. The molecular weight excluding hydrogens is 552 g/mol. The van der Waals surface area contributed by atoms with Gasteiger partial charge in [-0.2, -0.15) is 0 Å². The predicted octanol–water partition coefficient (Wildman–Crippen LogP) is 5.31. The average molecular weight is 568 g/mol. The van der Waals surface area contributed by atoms with Crippen molar-refractivity contribution in [3.8, 4) is 0 Å². The van der Waals surface area contributed by atoms with Crippen LogP contribution < -0.4 is 4.90 Å². The van der Waals surface area contributed by atoms with E-state index < -0.39 is 37.2 Å². The molecule has 2 amide bonds. The standard InChI is InChI=1S/C25H16Br2N2O4/c1-13-10-11-18(19(12-13)29(32)33)28-22(30)20-21(23(28)31)25(27)15-7-3-2-6-14(15)24(20,26)16-8-4-5-9-17(16)25/h2-12,20-21H,1H3/t20-,21-,24?,25?/m0/s1. The molecule has 0 radical (unpaired) electrons. The van der Waals surface area contributed by atoms with Gasteiger partial charge in [0, 0.05) is 6.07 Å². The lowest BCUT2D eigenvalue weighted by atomic mass is 9.54. The lowest BCUT2D eigenvalue weighted by molar-refractivity contribution is -0.384. The summed E-state index contributed by atoms with van der Waals surface area (Å²) in [6.07, 6.45) is 0. The Morgan fingerprint density at radius 2 is 1.24 bits per heavy atom. The molecule has 7 rings (SSSR count). The van der Waals surface area contributed by atoms with Gasteiger partial charge >= 0.3 is 0 Å². The highest BCUT2D eigenvalue weighted by Gasteiger charge is 2.72. The molecule has 1 heterocycles. The summed E-state index contributed by atoms with van der Waals surface area (Å²) in [5.41, 5.74) is 4.10. The number of carbonyl (C=O) groups excluding carboxylic acids is 2. The molecule has 164 valence electrons. The summed E-state index contributed by atoms with van der Waals surface area (Å²) in [7, 11) is 0. The molecular formula is C25H16Br2N2O4. The Morgan fingerprint density at radius 3 is 1.64 bits per heavy atom. The Kier molecular flexibility index (Phi) is 4.15. The normalized spacial score (nSPS) is 29.0. The predicted molar refractivity (Wildman–Crippen MR) is 130 cm³/mol. The lowest BCUT2D eigenvalue weighted by Gasteiger charge is -2.55. The summed E-state index contributed by atoms with van der Waals surface area (Å²) in [6.45, 7) is 1.73. The van der Waals surface area contributed by atoms with Gasteiger partial charge in [0.1, 0.15) is 5.69 Å². The first kappa shape index (κ1) is 20.7. The third kappa shape index (κ3) is 2.33. The number of amides is 2. The minimum Gasteiger partial charge on any atom is -0.274 e. The molecule has 1 aliphatic heterocycles. The molecule has 2 atom stereocenters. The molecule has 1 saturated heterocycles. The molecule has 6 nitrogen and oxygen atoms in total. The maximum Gasteiger partial charge on any atom is 0.293 e. The van der Waals surface area contributed by atoms with E-state index in [1.807, 2.05) is 48.5 Å². The molecule has 0 aromatic heterocycles. The van der Waals surface area contributed by atoms with Crippen molar-refractivity contribution in [2.24, 2.45) is 11.8 Å². The highest BCUT2D eigenvalue weighted by Crippen LogP contribution is 2.71. The fourth-order valence-corrected chi connectivity index (χ4v) is 8.18. The van der Waals surface area contributed by atoms with Gasteiger partial charge in [0.25, 0.3) is 5.69 Å². The van der Waals surface area contributed by atoms with Crippen LogP contribution >= 0.6 is 31.9 Å². The van der Waals surface area contributed by atoms with Crippen molar-refractivity contribution < 1.29 is 14.5 Å². The van der Waals surface area contributed by atoms with E-state index in [0.29, 0.717) is 5.56 Å². The van der Waals surface area contributed by atoms with Crippen molar-refractivity contribution in [1.29, 1.82) is 0 Å². The second-order valence-corrected chi connectivity index (χ2v) is 11.2. The van der Waals surface area contributed by atoms with E-state index in [9.17, 15) is 19.7 Å². The van der Waals surface area contributed by atoms with E-state index in [1.165, 1.54) is 12.1 Å². The summed E-state index contributed by atoms with van der Waals surface area (Å²) < 4.78 is -1.86. The summed E-state index contributed by atoms with van der Waals surface area (Å²) in [5.74, 6) is -2.42. The quantitative estimate of drug-likeness (QED) is 0.182. The third-order valence-electron chi connectivity index (χ3n) is 7.15. The first-order valence-electron chi connectivity index (χ1n) is 10.4. The third-order valence-corrected chi connectivity index (χ3v) is 9.85. The zero-order chi connectivity index (χ0) is 23.3. The number of imide groups is 1. The molecule has 3 aromatic rings. The minimum absolute atomic E-state index is 0.00899. The van der Waals surface area contributed by atoms with Crippen LogP contribution in [0.5, 0.6) is 0 Å². The topological polar surface area (TPSA) is 80.5 Å². The zero-order valence-electron chi connectivity index (χ0n) is 17.3. The number of halogens is 2. The van der Waals surface area contributed by atoms with E-state index in [-0.39, 0.29) is 11.4 Å². The van der Waals surface area contributed by atoms with E-state index in [2.05, 4.69) is 31.9 Å². The van der Waals surface area contributed by atoms with E-state index in [1.54, 1.807) is 13.0 Å². The Balaban J connectivity index is 1.65. The number of nitro groups is 1. The van der Waals surface area contributed by atoms with Gasteiger partial charge in [0.05, 0.1) is 25.4 Å². The second-order valence-electron chi connectivity index (χ2n) is 8.73. The largest absolute Gasteiger partial charge is 0.293 e. The van der Waals surface area contributed by atoms with E-state index >= 15 is 0 Å². The molecule has 0 unspecified atom stereocenters. The van der Waals surface area contributed by atoms with Crippen LogP contribution in [0.15, 0.2) is 66.7 Å². The highest BCUT2D eigenvalue weighted by atomic mass is 79.9. The smallest absolute Gasteiger partial charge is 0.274 e. The molecule has 33 heavy (non-hydrogen) atoms. The molecule has 0 spiro atoms. The van der Waals surface area contributed by atoms with Gasteiger partial charge in [0.2, 0.25) is 11.8 Å². The van der Waals surface area contributed by atoms with Crippen molar-refractivity contribution in [1.82, 2.24) is 0 Å². The molecule has 1 fully saturated rings. The first-order chi connectivity index (χ1) is 15.7. The Bertz CT molecular complexity index is 1300. The van der Waals surface area contributed by atoms with Crippen LogP contribution in [-0.2, 0) is 18.2 Å². The molecule has 0 saturated carbocycles. The fourth-order valence-electron chi connectivity index (χ4n) is 5.87. The summed E-state index contributed by atoms with van der Waals surface area (Å²) in [4.78, 5) is 40.3. The first-order valence-corrected chi connectivity index (χ1v) is 12.0. The second kappa shape index (κ2) is 6.61. The van der Waals surface area contributed by atoms with Crippen LogP contribution in [0.2, 0.25) is 0 Å². The van der Waals surface area contributed by atoms with Crippen LogP contribution in [0.1, 0.15) is 27.8 Å². The van der Waals surface area contributed by atoms with Crippen LogP contribution in [0, 0.1) is 28.9 Å². The fraction of sp³-hybridized carbons (Fsp3) is 0.200. The zero-order valence-corrected chi connectivity index (χ0v) is 20.5. The Hall–Kier alpha value is -2.84. The van der Waals surface area contributed by atoms with Gasteiger partial charge in [-0.3, -0.25) is 19.7 Å². The maximum absolute atomic E-state index is 14.0. The van der Waals surface area contributed by atoms with E-state index in [4.69, 9.17) is 0 Å². The van der Waals surface area contributed by atoms with Crippen LogP contribution in [0.25, 0.3) is 0 Å². The molecule has 3 aromatic carbocycles. The van der Waals surface area contributed by atoms with Gasteiger partial charge < -0.3 is 0 Å². The number of aryl methyl sites for hydroxylation is 1. The number of alkyl halides is 2. The summed E-state index contributed by atoms with van der Waals surface area (Å²) in [5, 5.41) is 11.8. The minimum atomic E-state index is -0.929. The lowest BCUT2D eigenvalue weighted by Crippen LogP contribution is -2.56. The number of rotatable bonds is 2. The van der Waals surface area contributed by atoms with Gasteiger partial charge in [-0.25, -0.2) is 4.90 Å². The maximum atomic E-state index is 14.0. The highest BCUT2D eigenvalue weighted by molar-refractivity contribution is 9.10. The van der Waals surface area contributed by atoms with Crippen LogP contribution in [-0.4, -0.2) is 16.7 Å². The number of hydrogen-bond donors (Lipinski definition) is 0. The van der Waals surface area contributed by atoms with Crippen molar-refractivity contribution in [2.75, 3.05) is 4.90 Å². The SMILES string of the molecule is Cc1ccc(N2C(=O)[C@@H]3[C@@H](C2=O)C2(Br)c4ccccc4C3(Br)c3ccccc32)c([N+](=O)[O-])c1. The van der Waals surface area contributed by atoms with E-state index in [0.717, 1.165) is 27.2 Å². The molecule has 2 bridgehead atoms. The van der Waals surface area contributed by atoms with Gasteiger partial charge in [-0.15, -0.1) is 0 Å². The van der Waals surface area contributed by atoms with Crippen molar-refractivity contribution in [3.63, 3.8) is 0 Å². The number of nitrogens with zero attached hydrogens (tertiary/aromatic N) is 2. The number of benzene rings is 3. The van der Waals surface area contributed by atoms with Crippen LogP contribution in [0.4, 0.5) is 11.4 Å². The van der Waals surface area contributed by atoms with Crippen molar-refractivity contribution >= 4 is 55.0 Å². The summed E-state index contributed by atoms with van der Waals surface area (Å²) in [6, 6.07) is 20.1. The van der Waals surface area contributed by atoms with Gasteiger partial charge in [-0.05, 0) is 40.8 Å². The number of carbonyl (C=O) groups is 2.